The van der Waals surface area contributed by atoms with E-state index in [2.05, 4.69) is 19.9 Å². The van der Waals surface area contributed by atoms with Gasteiger partial charge in [0.15, 0.2) is 5.79 Å². The van der Waals surface area contributed by atoms with E-state index in [1.165, 1.54) is 12.8 Å². The van der Waals surface area contributed by atoms with E-state index < -0.39 is 5.79 Å². The third-order valence-corrected chi connectivity index (χ3v) is 9.88. The van der Waals surface area contributed by atoms with Crippen molar-refractivity contribution in [2.75, 3.05) is 19.8 Å². The summed E-state index contributed by atoms with van der Waals surface area (Å²) < 4.78 is 12.3. The van der Waals surface area contributed by atoms with Crippen molar-refractivity contribution >= 4 is 0 Å². The molecule has 28 heavy (non-hydrogen) atoms. The largest absolute Gasteiger partial charge is 0.396 e. The maximum absolute atomic E-state index is 10.7. The van der Waals surface area contributed by atoms with E-state index in [-0.39, 0.29) is 23.5 Å². The molecule has 1 unspecified atom stereocenters. The first-order valence-electron chi connectivity index (χ1n) is 11.7. The van der Waals surface area contributed by atoms with Gasteiger partial charge in [-0.15, -0.1) is 0 Å². The molecule has 5 rings (SSSR count). The van der Waals surface area contributed by atoms with Gasteiger partial charge in [0, 0.05) is 19.4 Å². The van der Waals surface area contributed by atoms with Crippen LogP contribution in [-0.4, -0.2) is 41.9 Å². The van der Waals surface area contributed by atoms with E-state index in [4.69, 9.17) is 9.47 Å². The molecule has 5 aliphatic rings. The fourth-order valence-corrected chi connectivity index (χ4v) is 8.30. The number of aliphatic hydroxyl groups is 2. The number of allylic oxidation sites excluding steroid dienone is 1. The van der Waals surface area contributed by atoms with Gasteiger partial charge in [-0.1, -0.05) is 25.5 Å². The van der Waals surface area contributed by atoms with Crippen LogP contribution in [0.4, 0.5) is 0 Å². The fourth-order valence-electron chi connectivity index (χ4n) is 8.30. The standard InChI is InChI=1S/C24H38O4/c1-22-10-9-20-18(19(22)7-8-21(22)26)6-5-17-15-24(27-12-13-28-24)14-16(4-3-11-25)23(17,20)2/h5,16,18-21,25-26H,3-4,6-15H2,1-2H3/t16?,18-,19-,20-,21-,22-,23-/m0/s1. The molecule has 4 aliphatic carbocycles. The molecule has 3 saturated carbocycles. The molecule has 0 amide bonds. The number of aliphatic hydroxyl groups excluding tert-OH is 2. The molecule has 1 saturated heterocycles. The molecule has 0 aromatic rings. The van der Waals surface area contributed by atoms with Crippen LogP contribution < -0.4 is 0 Å². The van der Waals surface area contributed by atoms with Crippen molar-refractivity contribution < 1.29 is 19.7 Å². The Hall–Kier alpha value is -0.420. The van der Waals surface area contributed by atoms with Crippen molar-refractivity contribution in [3.63, 3.8) is 0 Å². The van der Waals surface area contributed by atoms with Gasteiger partial charge >= 0.3 is 0 Å². The van der Waals surface area contributed by atoms with Crippen LogP contribution in [-0.2, 0) is 9.47 Å². The van der Waals surface area contributed by atoms with Crippen molar-refractivity contribution in [1.82, 2.24) is 0 Å². The Balaban J connectivity index is 1.50. The van der Waals surface area contributed by atoms with Gasteiger partial charge < -0.3 is 19.7 Å². The molecule has 0 radical (unpaired) electrons. The molecule has 7 atom stereocenters. The minimum absolute atomic E-state index is 0.114. The Kier molecular flexibility index (Phi) is 4.74. The molecule has 0 aromatic carbocycles. The van der Waals surface area contributed by atoms with Gasteiger partial charge in [0.2, 0.25) is 0 Å². The lowest BCUT2D eigenvalue weighted by Gasteiger charge is -2.61. The first kappa shape index (κ1) is 19.5. The van der Waals surface area contributed by atoms with Crippen LogP contribution in [0.15, 0.2) is 11.6 Å². The van der Waals surface area contributed by atoms with E-state index in [0.29, 0.717) is 36.9 Å². The summed E-state index contributed by atoms with van der Waals surface area (Å²) in [5.41, 5.74) is 1.87. The third kappa shape index (κ3) is 2.64. The molecule has 4 heteroatoms. The summed E-state index contributed by atoms with van der Waals surface area (Å²) in [7, 11) is 0. The van der Waals surface area contributed by atoms with Crippen LogP contribution in [0, 0.1) is 34.5 Å². The second kappa shape index (κ2) is 6.80. The highest BCUT2D eigenvalue weighted by Crippen LogP contribution is 2.67. The van der Waals surface area contributed by atoms with Gasteiger partial charge in [-0.2, -0.15) is 0 Å². The Morgan fingerprint density at radius 2 is 1.89 bits per heavy atom. The molecule has 1 heterocycles. The molecule has 1 aliphatic heterocycles. The normalized spacial score (nSPS) is 49.4. The predicted octanol–water partition coefficient (Wildman–Crippen LogP) is 4.05. The first-order chi connectivity index (χ1) is 13.4. The zero-order chi connectivity index (χ0) is 19.6. The van der Waals surface area contributed by atoms with Crippen LogP contribution in [0.25, 0.3) is 0 Å². The minimum atomic E-state index is -0.412. The molecule has 4 fully saturated rings. The smallest absolute Gasteiger partial charge is 0.172 e. The van der Waals surface area contributed by atoms with Gasteiger partial charge in [-0.3, -0.25) is 0 Å². The van der Waals surface area contributed by atoms with E-state index in [9.17, 15) is 10.2 Å². The number of ether oxygens (including phenoxy) is 2. The summed E-state index contributed by atoms with van der Waals surface area (Å²) in [4.78, 5) is 0. The summed E-state index contributed by atoms with van der Waals surface area (Å²) in [6, 6.07) is 0. The monoisotopic (exact) mass is 390 g/mol. The topological polar surface area (TPSA) is 58.9 Å². The Bertz CT molecular complexity index is 639. The maximum Gasteiger partial charge on any atom is 0.172 e. The lowest BCUT2D eigenvalue weighted by atomic mass is 9.45. The van der Waals surface area contributed by atoms with Crippen molar-refractivity contribution in [2.24, 2.45) is 34.5 Å². The lowest BCUT2D eigenvalue weighted by Crippen LogP contribution is -2.56. The molecule has 1 spiro atoms. The average molecular weight is 391 g/mol. The number of rotatable bonds is 3. The molecule has 158 valence electrons. The van der Waals surface area contributed by atoms with Crippen LogP contribution in [0.5, 0.6) is 0 Å². The summed E-state index contributed by atoms with van der Waals surface area (Å²) in [6.07, 6.45) is 11.9. The zero-order valence-corrected chi connectivity index (χ0v) is 17.7. The van der Waals surface area contributed by atoms with Crippen LogP contribution in [0.3, 0.4) is 0 Å². The highest BCUT2D eigenvalue weighted by atomic mass is 16.7. The fraction of sp³-hybridized carbons (Fsp3) is 0.917. The molecular formula is C24H38O4. The second-order valence-electron chi connectivity index (χ2n) is 10.8. The van der Waals surface area contributed by atoms with Crippen molar-refractivity contribution in [2.45, 2.75) is 83.5 Å². The predicted molar refractivity (Wildman–Crippen MR) is 108 cm³/mol. The van der Waals surface area contributed by atoms with Gasteiger partial charge in [-0.05, 0) is 79.4 Å². The lowest BCUT2D eigenvalue weighted by molar-refractivity contribution is -0.203. The first-order valence-corrected chi connectivity index (χ1v) is 11.7. The molecule has 0 bridgehead atoms. The highest BCUT2D eigenvalue weighted by Gasteiger charge is 2.62. The molecular weight excluding hydrogens is 352 g/mol. The Labute approximate surface area is 169 Å². The van der Waals surface area contributed by atoms with Gasteiger partial charge in [0.25, 0.3) is 0 Å². The van der Waals surface area contributed by atoms with Crippen LogP contribution in [0.2, 0.25) is 0 Å². The van der Waals surface area contributed by atoms with E-state index >= 15 is 0 Å². The second-order valence-corrected chi connectivity index (χ2v) is 10.8. The van der Waals surface area contributed by atoms with Crippen LogP contribution >= 0.6 is 0 Å². The maximum atomic E-state index is 10.7. The number of hydrogen-bond acceptors (Lipinski definition) is 4. The van der Waals surface area contributed by atoms with Crippen molar-refractivity contribution in [1.29, 1.82) is 0 Å². The van der Waals surface area contributed by atoms with Crippen LogP contribution in [0.1, 0.15) is 71.6 Å². The molecule has 4 nitrogen and oxygen atoms in total. The van der Waals surface area contributed by atoms with Gasteiger partial charge in [0.1, 0.15) is 0 Å². The third-order valence-electron chi connectivity index (χ3n) is 9.88. The van der Waals surface area contributed by atoms with Crippen molar-refractivity contribution in [3.05, 3.63) is 11.6 Å². The Morgan fingerprint density at radius 3 is 2.64 bits per heavy atom. The zero-order valence-electron chi connectivity index (χ0n) is 17.7. The summed E-state index contributed by atoms with van der Waals surface area (Å²) in [5.74, 6) is 2.13. The summed E-state index contributed by atoms with van der Waals surface area (Å²) in [5, 5.41) is 20.2. The number of hydrogen-bond donors (Lipinski definition) is 2. The molecule has 2 N–H and O–H groups in total. The summed E-state index contributed by atoms with van der Waals surface area (Å²) >= 11 is 0. The SMILES string of the molecule is C[C@]12CC[C@H]3[C@@H](CC=C4CC5(CC(CCCO)[C@@]43C)OCCO5)[C@@H]1CC[C@@H]2O. The highest BCUT2D eigenvalue weighted by molar-refractivity contribution is 5.28. The average Bonchev–Trinajstić information content (AvgIpc) is 3.25. The van der Waals surface area contributed by atoms with E-state index in [1.807, 2.05) is 0 Å². The summed E-state index contributed by atoms with van der Waals surface area (Å²) in [6.45, 7) is 6.56. The van der Waals surface area contributed by atoms with Crippen molar-refractivity contribution in [3.8, 4) is 0 Å². The molecule has 0 aromatic heterocycles. The van der Waals surface area contributed by atoms with E-state index in [1.54, 1.807) is 5.57 Å². The quantitative estimate of drug-likeness (QED) is 0.714. The Morgan fingerprint density at radius 1 is 1.11 bits per heavy atom. The van der Waals surface area contributed by atoms with Gasteiger partial charge in [0.05, 0.1) is 19.3 Å². The van der Waals surface area contributed by atoms with Gasteiger partial charge in [-0.25, -0.2) is 0 Å². The number of fused-ring (bicyclic) bond motifs is 5. The van der Waals surface area contributed by atoms with E-state index in [0.717, 1.165) is 44.9 Å². The minimum Gasteiger partial charge on any atom is -0.396 e.